The van der Waals surface area contributed by atoms with Crippen molar-refractivity contribution < 1.29 is 35.8 Å². The first-order valence-electron chi connectivity index (χ1n) is 8.04. The summed E-state index contributed by atoms with van der Waals surface area (Å²) in [5.41, 5.74) is 0.228. The number of rotatable bonds is 10. The van der Waals surface area contributed by atoms with Crippen LogP contribution in [0.3, 0.4) is 0 Å². The van der Waals surface area contributed by atoms with Gasteiger partial charge in [0.15, 0.2) is 9.84 Å². The van der Waals surface area contributed by atoms with Gasteiger partial charge in [0.1, 0.15) is 8.42 Å². The molecule has 0 amide bonds. The Morgan fingerprint density at radius 3 is 2.74 bits per heavy atom. The van der Waals surface area contributed by atoms with Crippen molar-refractivity contribution in [3.8, 4) is 0 Å². The molecule has 1 aliphatic heterocycles. The summed E-state index contributed by atoms with van der Waals surface area (Å²) in [5.74, 6) is 0. The van der Waals surface area contributed by atoms with E-state index in [9.17, 15) is 16.8 Å². The van der Waals surface area contributed by atoms with E-state index < -0.39 is 37.7 Å². The number of sulfone groups is 1. The van der Waals surface area contributed by atoms with Gasteiger partial charge in [-0.25, -0.2) is 22.0 Å². The van der Waals surface area contributed by atoms with E-state index in [1.54, 1.807) is 6.92 Å². The van der Waals surface area contributed by atoms with E-state index in [4.69, 9.17) is 24.1 Å². The van der Waals surface area contributed by atoms with E-state index in [1.165, 1.54) is 19.3 Å². The molecule has 1 aliphatic rings. The minimum Gasteiger partial charge on any atom is -0.376 e. The van der Waals surface area contributed by atoms with E-state index in [2.05, 4.69) is 6.58 Å². The standard InChI is InChI=1S/C15H23NO8S3/c1-4-6-22-9-10-7-12(24-15(21-3)23-5-2)11-8-13(27(16,19)20)25-14(11)26(10,17)18/h4,8,10,12,15H,1,5-7,9H2,2-3H3,(H2,16,19,20). The zero-order valence-corrected chi connectivity index (χ0v) is 17.4. The van der Waals surface area contributed by atoms with Crippen LogP contribution in [0.2, 0.25) is 0 Å². The average molecular weight is 442 g/mol. The molecule has 2 rings (SSSR count). The van der Waals surface area contributed by atoms with Gasteiger partial charge in [0, 0.05) is 19.3 Å². The van der Waals surface area contributed by atoms with Crippen LogP contribution in [0.25, 0.3) is 0 Å². The molecule has 3 unspecified atom stereocenters. The highest BCUT2D eigenvalue weighted by Gasteiger charge is 2.43. The second kappa shape index (κ2) is 9.09. The Morgan fingerprint density at radius 1 is 1.48 bits per heavy atom. The molecule has 3 atom stereocenters. The Morgan fingerprint density at radius 2 is 2.19 bits per heavy atom. The summed E-state index contributed by atoms with van der Waals surface area (Å²) >= 11 is 0.606. The van der Waals surface area contributed by atoms with Crippen molar-refractivity contribution in [2.24, 2.45) is 5.14 Å². The van der Waals surface area contributed by atoms with Gasteiger partial charge >= 0.3 is 0 Å². The first kappa shape index (κ1) is 22.4. The fraction of sp³-hybridized carbons (Fsp3) is 0.600. The van der Waals surface area contributed by atoms with Gasteiger partial charge in [-0.2, -0.15) is 0 Å². The van der Waals surface area contributed by atoms with Crippen molar-refractivity contribution in [1.29, 1.82) is 0 Å². The normalized spacial score (nSPS) is 22.9. The van der Waals surface area contributed by atoms with Gasteiger partial charge in [-0.05, 0) is 19.4 Å². The van der Waals surface area contributed by atoms with Crippen LogP contribution < -0.4 is 5.14 Å². The molecule has 2 N–H and O–H groups in total. The van der Waals surface area contributed by atoms with Crippen LogP contribution in [-0.4, -0.2) is 55.5 Å². The topological polar surface area (TPSA) is 131 Å². The number of nitrogens with two attached hydrogens (primary N) is 1. The molecule has 0 aliphatic carbocycles. The maximum atomic E-state index is 12.9. The van der Waals surface area contributed by atoms with Crippen molar-refractivity contribution in [1.82, 2.24) is 0 Å². The number of primary sulfonamides is 1. The predicted octanol–water partition coefficient (Wildman–Crippen LogP) is 1.17. The van der Waals surface area contributed by atoms with Crippen molar-refractivity contribution in [3.05, 3.63) is 24.3 Å². The molecule has 27 heavy (non-hydrogen) atoms. The second-order valence-electron chi connectivity index (χ2n) is 5.69. The monoisotopic (exact) mass is 441 g/mol. The van der Waals surface area contributed by atoms with E-state index in [0.717, 1.165) is 0 Å². The molecule has 0 aromatic carbocycles. The zero-order chi connectivity index (χ0) is 20.2. The molecule has 0 bridgehead atoms. The van der Waals surface area contributed by atoms with E-state index in [0.29, 0.717) is 17.9 Å². The lowest BCUT2D eigenvalue weighted by Gasteiger charge is -2.31. The lowest BCUT2D eigenvalue weighted by atomic mass is 10.1. The first-order valence-corrected chi connectivity index (χ1v) is 11.9. The van der Waals surface area contributed by atoms with Crippen LogP contribution in [0.5, 0.6) is 0 Å². The Kier molecular flexibility index (Phi) is 7.55. The third kappa shape index (κ3) is 5.15. The molecule has 0 saturated carbocycles. The molecule has 9 nitrogen and oxygen atoms in total. The Labute approximate surface area is 163 Å². The van der Waals surface area contributed by atoms with Gasteiger partial charge in [-0.3, -0.25) is 0 Å². The number of sulfonamides is 1. The highest BCUT2D eigenvalue weighted by molar-refractivity contribution is 7.95. The predicted molar refractivity (Wildman–Crippen MR) is 98.5 cm³/mol. The third-order valence-electron chi connectivity index (χ3n) is 3.81. The molecule has 0 spiro atoms. The smallest absolute Gasteiger partial charge is 0.271 e. The minimum atomic E-state index is -4.06. The Hall–Kier alpha value is -0.860. The molecule has 0 radical (unpaired) electrons. The SMILES string of the molecule is C=CCOCC1CC(OC(OC)OCC)c2cc(S(N)(=O)=O)sc2S1(=O)=O. The van der Waals surface area contributed by atoms with Gasteiger partial charge in [0.2, 0.25) is 10.0 Å². The summed E-state index contributed by atoms with van der Waals surface area (Å²) < 4.78 is 70.4. The van der Waals surface area contributed by atoms with Crippen LogP contribution in [0, 0.1) is 0 Å². The number of ether oxygens (including phenoxy) is 4. The number of fused-ring (bicyclic) bond motifs is 1. The van der Waals surface area contributed by atoms with Crippen LogP contribution >= 0.6 is 11.3 Å². The summed E-state index contributed by atoms with van der Waals surface area (Å²) in [5, 5.41) is 4.26. The molecular formula is C15H23NO8S3. The van der Waals surface area contributed by atoms with Crippen LogP contribution in [0.1, 0.15) is 25.0 Å². The maximum absolute atomic E-state index is 12.9. The first-order chi connectivity index (χ1) is 12.6. The minimum absolute atomic E-state index is 0.0558. The van der Waals surface area contributed by atoms with Crippen molar-refractivity contribution in [3.63, 3.8) is 0 Å². The lowest BCUT2D eigenvalue weighted by molar-refractivity contribution is -0.296. The lowest BCUT2D eigenvalue weighted by Crippen LogP contribution is -2.35. The van der Waals surface area contributed by atoms with E-state index in [-0.39, 0.29) is 33.6 Å². The van der Waals surface area contributed by atoms with E-state index in [1.807, 2.05) is 0 Å². The summed E-state index contributed by atoms with van der Waals surface area (Å²) in [6, 6.07) is 1.23. The highest BCUT2D eigenvalue weighted by atomic mass is 32.3. The van der Waals surface area contributed by atoms with Crippen molar-refractivity contribution in [2.75, 3.05) is 26.9 Å². The van der Waals surface area contributed by atoms with Crippen molar-refractivity contribution >= 4 is 31.2 Å². The quantitative estimate of drug-likeness (QED) is 0.325. The number of hydrogen-bond acceptors (Lipinski definition) is 9. The van der Waals surface area contributed by atoms with Gasteiger partial charge < -0.3 is 18.9 Å². The number of thiophene rings is 1. The Bertz CT molecular complexity index is 862. The molecule has 154 valence electrons. The summed E-state index contributed by atoms with van der Waals surface area (Å²) in [7, 11) is -6.49. The molecular weight excluding hydrogens is 418 g/mol. The fourth-order valence-corrected chi connectivity index (χ4v) is 7.11. The Balaban J connectivity index is 2.45. The van der Waals surface area contributed by atoms with Crippen molar-refractivity contribution in [2.45, 2.75) is 39.6 Å². The van der Waals surface area contributed by atoms with Gasteiger partial charge in [-0.1, -0.05) is 6.08 Å². The van der Waals surface area contributed by atoms with Gasteiger partial charge in [0.25, 0.3) is 6.48 Å². The van der Waals surface area contributed by atoms with Crippen LogP contribution in [0.15, 0.2) is 27.1 Å². The molecule has 0 saturated heterocycles. The van der Waals surface area contributed by atoms with Crippen LogP contribution in [0.4, 0.5) is 0 Å². The summed E-state index contributed by atoms with van der Waals surface area (Å²) in [4.78, 5) is 0. The molecule has 1 aromatic rings. The number of methoxy groups -OCH3 is 1. The highest BCUT2D eigenvalue weighted by Crippen LogP contribution is 2.44. The van der Waals surface area contributed by atoms with Crippen LogP contribution in [-0.2, 0) is 38.8 Å². The molecule has 12 heteroatoms. The molecule has 0 fully saturated rings. The largest absolute Gasteiger partial charge is 0.376 e. The van der Waals surface area contributed by atoms with Gasteiger partial charge in [0.05, 0.1) is 24.6 Å². The average Bonchev–Trinajstić information content (AvgIpc) is 3.05. The summed E-state index contributed by atoms with van der Waals surface area (Å²) in [6.45, 7) is 4.67. The van der Waals surface area contributed by atoms with E-state index >= 15 is 0 Å². The zero-order valence-electron chi connectivity index (χ0n) is 15.0. The summed E-state index contributed by atoms with van der Waals surface area (Å²) in [6.07, 6.45) is 0.805. The fourth-order valence-electron chi connectivity index (χ4n) is 2.60. The third-order valence-corrected chi connectivity index (χ3v) is 9.09. The maximum Gasteiger partial charge on any atom is 0.271 e. The van der Waals surface area contributed by atoms with Gasteiger partial charge in [-0.15, -0.1) is 17.9 Å². The second-order valence-corrected chi connectivity index (χ2v) is 11.0. The molecule has 1 aromatic heterocycles. The molecule has 2 heterocycles. The number of hydrogen-bond donors (Lipinski definition) is 1.